The molecule has 0 aliphatic heterocycles. The minimum Gasteiger partial charge on any atom is -0.352 e. The first kappa shape index (κ1) is 19.2. The van der Waals surface area contributed by atoms with Crippen LogP contribution in [0.2, 0.25) is 0 Å². The van der Waals surface area contributed by atoms with Crippen LogP contribution in [0.4, 0.5) is 0 Å². The SMILES string of the molecule is CCn1cnc2c1c(=O)[nH]c(=O)n2Cc1ccc(CNC(=O)CCC2CC2)cc1. The molecule has 4 rings (SSSR count). The molecule has 1 amide bonds. The van der Waals surface area contributed by atoms with Crippen LogP contribution < -0.4 is 16.6 Å². The van der Waals surface area contributed by atoms with Gasteiger partial charge < -0.3 is 9.88 Å². The minimum atomic E-state index is -0.476. The second-order valence-corrected chi connectivity index (χ2v) is 7.62. The van der Waals surface area contributed by atoms with Crippen molar-refractivity contribution >= 4 is 17.1 Å². The Morgan fingerprint density at radius 3 is 2.62 bits per heavy atom. The average Bonchev–Trinajstić information content (AvgIpc) is 3.45. The highest BCUT2D eigenvalue weighted by atomic mass is 16.2. The maximum atomic E-state index is 12.3. The van der Waals surface area contributed by atoms with Crippen molar-refractivity contribution in [1.82, 2.24) is 24.4 Å². The van der Waals surface area contributed by atoms with Crippen LogP contribution in [-0.4, -0.2) is 25.0 Å². The molecule has 0 radical (unpaired) electrons. The van der Waals surface area contributed by atoms with E-state index in [-0.39, 0.29) is 5.91 Å². The summed E-state index contributed by atoms with van der Waals surface area (Å²) < 4.78 is 3.19. The number of carbonyl (C=O) groups is 1. The molecule has 1 saturated carbocycles. The number of hydrogen-bond acceptors (Lipinski definition) is 4. The Hall–Kier alpha value is -3.16. The monoisotopic (exact) mass is 395 g/mol. The van der Waals surface area contributed by atoms with Crippen LogP contribution in [0.15, 0.2) is 40.2 Å². The number of aromatic nitrogens is 4. The first-order valence-corrected chi connectivity index (χ1v) is 10.1. The normalized spacial score (nSPS) is 13.7. The fourth-order valence-electron chi connectivity index (χ4n) is 3.48. The van der Waals surface area contributed by atoms with Gasteiger partial charge in [0.1, 0.15) is 0 Å². The van der Waals surface area contributed by atoms with E-state index in [1.54, 1.807) is 10.9 Å². The molecule has 8 nitrogen and oxygen atoms in total. The molecule has 3 aromatic rings. The van der Waals surface area contributed by atoms with Crippen LogP contribution in [0.1, 0.15) is 43.7 Å². The number of amides is 1. The van der Waals surface area contributed by atoms with Crippen LogP contribution in [-0.2, 0) is 24.4 Å². The van der Waals surface area contributed by atoms with Crippen LogP contribution in [0, 0.1) is 5.92 Å². The number of rotatable bonds is 8. The molecule has 0 unspecified atom stereocenters. The van der Waals surface area contributed by atoms with Crippen LogP contribution in [0.5, 0.6) is 0 Å². The first-order chi connectivity index (χ1) is 14.0. The highest BCUT2D eigenvalue weighted by Crippen LogP contribution is 2.33. The molecular weight excluding hydrogens is 370 g/mol. The molecule has 0 atom stereocenters. The number of fused-ring (bicyclic) bond motifs is 1. The summed E-state index contributed by atoms with van der Waals surface area (Å²) in [5, 5.41) is 2.95. The number of nitrogens with one attached hydrogen (secondary N) is 2. The number of carbonyl (C=O) groups excluding carboxylic acids is 1. The van der Waals surface area contributed by atoms with E-state index in [0.29, 0.717) is 37.2 Å². The van der Waals surface area contributed by atoms with Gasteiger partial charge in [-0.05, 0) is 30.4 Å². The summed E-state index contributed by atoms with van der Waals surface area (Å²) in [6.07, 6.45) is 5.68. The lowest BCUT2D eigenvalue weighted by Crippen LogP contribution is -2.31. The quantitative estimate of drug-likeness (QED) is 0.607. The Morgan fingerprint density at radius 2 is 1.93 bits per heavy atom. The number of aromatic amines is 1. The molecule has 1 aromatic carbocycles. The average molecular weight is 395 g/mol. The van der Waals surface area contributed by atoms with Crippen LogP contribution in [0.3, 0.4) is 0 Å². The Morgan fingerprint density at radius 1 is 1.21 bits per heavy atom. The van der Waals surface area contributed by atoms with E-state index in [4.69, 9.17) is 0 Å². The molecule has 1 aliphatic rings. The lowest BCUT2D eigenvalue weighted by molar-refractivity contribution is -0.121. The first-order valence-electron chi connectivity index (χ1n) is 10.1. The van der Waals surface area contributed by atoms with E-state index < -0.39 is 11.2 Å². The number of imidazole rings is 1. The third-order valence-corrected chi connectivity index (χ3v) is 5.43. The van der Waals surface area contributed by atoms with Gasteiger partial charge in [0.25, 0.3) is 5.56 Å². The van der Waals surface area contributed by atoms with Crippen molar-refractivity contribution in [1.29, 1.82) is 0 Å². The van der Waals surface area contributed by atoms with Crippen LogP contribution in [0.25, 0.3) is 11.2 Å². The topological polar surface area (TPSA) is 102 Å². The van der Waals surface area contributed by atoms with Crippen molar-refractivity contribution < 1.29 is 4.79 Å². The highest BCUT2D eigenvalue weighted by Gasteiger charge is 2.21. The van der Waals surface area contributed by atoms with Gasteiger partial charge in [0.2, 0.25) is 5.91 Å². The van der Waals surface area contributed by atoms with E-state index in [9.17, 15) is 14.4 Å². The molecule has 0 saturated heterocycles. The summed E-state index contributed by atoms with van der Waals surface area (Å²) in [6.45, 7) is 3.31. The number of aryl methyl sites for hydroxylation is 1. The summed E-state index contributed by atoms with van der Waals surface area (Å²) in [4.78, 5) is 43.0. The molecule has 2 aromatic heterocycles. The van der Waals surface area contributed by atoms with Gasteiger partial charge in [-0.1, -0.05) is 37.1 Å². The van der Waals surface area contributed by atoms with Crippen LogP contribution >= 0.6 is 0 Å². The second-order valence-electron chi connectivity index (χ2n) is 7.62. The zero-order valence-corrected chi connectivity index (χ0v) is 16.5. The lowest BCUT2D eigenvalue weighted by atomic mass is 10.1. The van der Waals surface area contributed by atoms with E-state index in [2.05, 4.69) is 15.3 Å². The van der Waals surface area contributed by atoms with E-state index in [0.717, 1.165) is 23.5 Å². The number of benzene rings is 1. The molecule has 1 aliphatic carbocycles. The summed E-state index contributed by atoms with van der Waals surface area (Å²) in [5.41, 5.74) is 1.80. The highest BCUT2D eigenvalue weighted by molar-refractivity contribution is 5.75. The molecule has 2 N–H and O–H groups in total. The fourth-order valence-corrected chi connectivity index (χ4v) is 3.48. The molecule has 8 heteroatoms. The van der Waals surface area contributed by atoms with E-state index >= 15 is 0 Å². The van der Waals surface area contributed by atoms with Crippen molar-refractivity contribution in [3.8, 4) is 0 Å². The van der Waals surface area contributed by atoms with E-state index in [1.165, 1.54) is 17.4 Å². The zero-order valence-electron chi connectivity index (χ0n) is 16.5. The van der Waals surface area contributed by atoms with Gasteiger partial charge in [0.05, 0.1) is 12.9 Å². The van der Waals surface area contributed by atoms with Crippen molar-refractivity contribution in [2.45, 2.75) is 52.2 Å². The largest absolute Gasteiger partial charge is 0.352 e. The Bertz CT molecular complexity index is 1140. The van der Waals surface area contributed by atoms with E-state index in [1.807, 2.05) is 31.2 Å². The molecule has 29 heavy (non-hydrogen) atoms. The summed E-state index contributed by atoms with van der Waals surface area (Å²) in [5.74, 6) is 0.848. The molecule has 152 valence electrons. The zero-order chi connectivity index (χ0) is 20.4. The van der Waals surface area contributed by atoms with Gasteiger partial charge in [-0.25, -0.2) is 9.78 Å². The van der Waals surface area contributed by atoms with Crippen molar-refractivity contribution in [2.24, 2.45) is 5.92 Å². The third kappa shape index (κ3) is 4.31. The summed E-state index contributed by atoms with van der Waals surface area (Å²) in [7, 11) is 0. The molecule has 0 spiro atoms. The number of nitrogens with zero attached hydrogens (tertiary/aromatic N) is 3. The Kier molecular flexibility index (Phi) is 5.33. The molecule has 0 bridgehead atoms. The third-order valence-electron chi connectivity index (χ3n) is 5.43. The predicted molar refractivity (Wildman–Crippen MR) is 110 cm³/mol. The smallest absolute Gasteiger partial charge is 0.330 e. The van der Waals surface area contributed by atoms with Gasteiger partial charge in [0.15, 0.2) is 11.2 Å². The number of H-pyrrole nitrogens is 1. The molecular formula is C21H25N5O3. The second kappa shape index (κ2) is 8.06. The predicted octanol–water partition coefficient (Wildman–Crippen LogP) is 1.76. The van der Waals surface area contributed by atoms with Gasteiger partial charge in [-0.3, -0.25) is 19.1 Å². The Balaban J connectivity index is 1.45. The maximum Gasteiger partial charge on any atom is 0.330 e. The van der Waals surface area contributed by atoms with Crippen molar-refractivity contribution in [2.75, 3.05) is 0 Å². The molecule has 2 heterocycles. The van der Waals surface area contributed by atoms with Gasteiger partial charge in [-0.2, -0.15) is 0 Å². The standard InChI is InChI=1S/C21H25N5O3/c1-2-25-13-23-19-18(25)20(28)24-21(29)26(19)12-16-7-5-15(6-8-16)11-22-17(27)10-9-14-3-4-14/h5-8,13-14H,2-4,9-12H2,1H3,(H,22,27)(H,24,28,29). The van der Waals surface area contributed by atoms with Gasteiger partial charge in [-0.15, -0.1) is 0 Å². The van der Waals surface area contributed by atoms with Gasteiger partial charge >= 0.3 is 5.69 Å². The molecule has 1 fully saturated rings. The maximum absolute atomic E-state index is 12.3. The Labute approximate surface area is 167 Å². The lowest BCUT2D eigenvalue weighted by Gasteiger charge is -2.09. The fraction of sp³-hybridized carbons (Fsp3) is 0.429. The number of hydrogen-bond donors (Lipinski definition) is 2. The van der Waals surface area contributed by atoms with Gasteiger partial charge in [0, 0.05) is 19.5 Å². The minimum absolute atomic E-state index is 0.0923. The van der Waals surface area contributed by atoms with Crippen molar-refractivity contribution in [3.63, 3.8) is 0 Å². The summed E-state index contributed by atoms with van der Waals surface area (Å²) >= 11 is 0. The van der Waals surface area contributed by atoms with Crippen molar-refractivity contribution in [3.05, 3.63) is 62.6 Å². The summed E-state index contributed by atoms with van der Waals surface area (Å²) in [6, 6.07) is 7.72.